The Bertz CT molecular complexity index is 1160. The molecule has 2 unspecified atom stereocenters. The molecule has 1 aromatic rings. The van der Waals surface area contributed by atoms with E-state index in [1.54, 1.807) is 70.1 Å². The zero-order valence-corrected chi connectivity index (χ0v) is 24.3. The number of hydrazone groups is 2. The predicted octanol–water partition coefficient (Wildman–Crippen LogP) is 2.19. The van der Waals surface area contributed by atoms with Gasteiger partial charge in [0.05, 0.1) is 0 Å². The van der Waals surface area contributed by atoms with Crippen molar-refractivity contribution in [3.05, 3.63) is 30.3 Å². The molecule has 1 aliphatic rings. The van der Waals surface area contributed by atoms with Crippen LogP contribution in [0.15, 0.2) is 45.5 Å². The third kappa shape index (κ3) is 7.62. The van der Waals surface area contributed by atoms with Gasteiger partial charge in [-0.15, -0.1) is 0 Å². The number of urea groups is 1. The van der Waals surface area contributed by atoms with Gasteiger partial charge in [-0.1, -0.05) is 0 Å². The van der Waals surface area contributed by atoms with Gasteiger partial charge < -0.3 is 0 Å². The van der Waals surface area contributed by atoms with Gasteiger partial charge in [0.25, 0.3) is 0 Å². The summed E-state index contributed by atoms with van der Waals surface area (Å²) in [5.41, 5.74) is 4.57. The Hall–Kier alpha value is -3.77. The van der Waals surface area contributed by atoms with E-state index in [0.717, 1.165) is 0 Å². The molecule has 3 N–H and O–H groups in total. The quantitative estimate of drug-likeness (QED) is 0.189. The van der Waals surface area contributed by atoms with Crippen LogP contribution in [0.1, 0.15) is 34.6 Å². The van der Waals surface area contributed by atoms with Gasteiger partial charge in [0.2, 0.25) is 0 Å². The molecule has 0 bridgehead atoms. The standard InChI is InChI=1S/C24H33N7O6Se/c1-14(27-29-20(34)25-16-12-10-9-11-13-16)17(18(32)36-8)24(19(33)26-21(38-24)31(6)7)15(2)28-30-22(35)37-23(3,4)5/h9-13,17H,1-8H3,(H,30,35)(H2,25,29,34)/b27-14+,28-15+. The van der Waals surface area contributed by atoms with Gasteiger partial charge in [-0.25, -0.2) is 0 Å². The van der Waals surface area contributed by atoms with Crippen LogP contribution in [0, 0.1) is 5.92 Å². The molecule has 0 fully saturated rings. The number of rotatable bonds is 7. The maximum atomic E-state index is 13.5. The number of anilines is 1. The molecule has 0 saturated carbocycles. The summed E-state index contributed by atoms with van der Waals surface area (Å²) in [6.07, 6.45) is -0.835. The van der Waals surface area contributed by atoms with Gasteiger partial charge in [-0.05, 0) is 0 Å². The van der Waals surface area contributed by atoms with Gasteiger partial charge in [0.15, 0.2) is 0 Å². The summed E-state index contributed by atoms with van der Waals surface area (Å²) in [5.74, 6) is -2.73. The van der Waals surface area contributed by atoms with E-state index in [0.29, 0.717) is 10.4 Å². The molecule has 1 aromatic carbocycles. The minimum absolute atomic E-state index is 0.0808. The minimum atomic E-state index is -1.63. The van der Waals surface area contributed by atoms with Crippen molar-refractivity contribution >= 4 is 60.8 Å². The Balaban J connectivity index is 2.46. The molecule has 0 spiro atoms. The van der Waals surface area contributed by atoms with Crippen LogP contribution in [-0.4, -0.2) is 86.8 Å². The first-order valence-electron chi connectivity index (χ1n) is 11.5. The summed E-state index contributed by atoms with van der Waals surface area (Å²) >= 11 is -0.779. The Morgan fingerprint density at radius 2 is 1.71 bits per heavy atom. The molecule has 14 heteroatoms. The van der Waals surface area contributed by atoms with E-state index < -0.39 is 54.8 Å². The number of methoxy groups -OCH3 is 1. The molecule has 1 aliphatic heterocycles. The zero-order chi connectivity index (χ0) is 28.7. The number of amides is 4. The van der Waals surface area contributed by atoms with Crippen molar-refractivity contribution in [2.75, 3.05) is 26.5 Å². The first kappa shape index (κ1) is 30.5. The zero-order valence-electron chi connectivity index (χ0n) is 22.6. The number of esters is 1. The number of aliphatic imine (C=N–C) groups is 1. The van der Waals surface area contributed by atoms with Crippen molar-refractivity contribution in [3.8, 4) is 0 Å². The van der Waals surface area contributed by atoms with E-state index in [2.05, 4.69) is 31.4 Å². The van der Waals surface area contributed by atoms with Crippen molar-refractivity contribution in [1.29, 1.82) is 0 Å². The number of amidine groups is 1. The number of carbonyl (C=O) groups excluding carboxylic acids is 4. The first-order chi connectivity index (χ1) is 17.7. The maximum absolute atomic E-state index is 13.5. The molecule has 0 radical (unpaired) electrons. The van der Waals surface area contributed by atoms with Crippen LogP contribution in [0.2, 0.25) is 4.31 Å². The predicted molar refractivity (Wildman–Crippen MR) is 144 cm³/mol. The number of nitrogens with zero attached hydrogens (tertiary/aromatic N) is 4. The first-order valence-corrected chi connectivity index (χ1v) is 13.2. The van der Waals surface area contributed by atoms with Gasteiger partial charge in [0, 0.05) is 0 Å². The van der Waals surface area contributed by atoms with Crippen LogP contribution in [0.25, 0.3) is 0 Å². The van der Waals surface area contributed by atoms with Crippen molar-refractivity contribution in [2.45, 2.75) is 44.5 Å². The number of hydrogen-bond acceptors (Lipinski definition) is 9. The number of carbonyl (C=O) groups is 4. The van der Waals surface area contributed by atoms with Gasteiger partial charge in [-0.2, -0.15) is 0 Å². The monoisotopic (exact) mass is 595 g/mol. The van der Waals surface area contributed by atoms with Crippen LogP contribution in [0.4, 0.5) is 15.3 Å². The van der Waals surface area contributed by atoms with Crippen LogP contribution in [0.3, 0.4) is 0 Å². The van der Waals surface area contributed by atoms with Gasteiger partial charge in [0.1, 0.15) is 0 Å². The fourth-order valence-corrected chi connectivity index (χ4v) is 6.09. The number of nitrogens with one attached hydrogen (secondary N) is 3. The Labute approximate surface area is 227 Å². The summed E-state index contributed by atoms with van der Waals surface area (Å²) in [6.45, 7) is 8.07. The van der Waals surface area contributed by atoms with E-state index in [1.165, 1.54) is 21.0 Å². The molecule has 1 heterocycles. The molecule has 4 amide bonds. The fraction of sp³-hybridized carbons (Fsp3) is 0.458. The number of benzene rings is 1. The van der Waals surface area contributed by atoms with Crippen molar-refractivity contribution in [3.63, 3.8) is 0 Å². The summed E-state index contributed by atoms with van der Waals surface area (Å²) in [4.78, 5) is 57.1. The Morgan fingerprint density at radius 1 is 1.08 bits per heavy atom. The van der Waals surface area contributed by atoms with Crippen LogP contribution in [-0.2, 0) is 19.1 Å². The molecule has 0 saturated heterocycles. The second kappa shape index (κ2) is 12.7. The molecular weight excluding hydrogens is 561 g/mol. The fourth-order valence-electron chi connectivity index (χ4n) is 3.34. The van der Waals surface area contributed by atoms with Crippen LogP contribution >= 0.6 is 0 Å². The number of hydrogen-bond donors (Lipinski definition) is 3. The molecule has 2 rings (SSSR count). The average Bonchev–Trinajstić information content (AvgIpc) is 3.18. The molecular formula is C24H33N7O6Se. The molecule has 2 atom stereocenters. The summed E-state index contributed by atoms with van der Waals surface area (Å²) in [7, 11) is 4.62. The van der Waals surface area contributed by atoms with E-state index in [4.69, 9.17) is 9.47 Å². The van der Waals surface area contributed by atoms with Crippen LogP contribution in [0.5, 0.6) is 0 Å². The van der Waals surface area contributed by atoms with E-state index in [9.17, 15) is 19.2 Å². The van der Waals surface area contributed by atoms with Gasteiger partial charge in [-0.3, -0.25) is 0 Å². The van der Waals surface area contributed by atoms with E-state index in [1.807, 2.05) is 0 Å². The van der Waals surface area contributed by atoms with Crippen LogP contribution < -0.4 is 16.2 Å². The van der Waals surface area contributed by atoms with E-state index in [-0.39, 0.29) is 11.4 Å². The Kier molecular flexibility index (Phi) is 10.1. The topological polar surface area (TPSA) is 163 Å². The summed E-state index contributed by atoms with van der Waals surface area (Å²) in [5, 5.41) is 10.8. The van der Waals surface area contributed by atoms with Crippen molar-refractivity contribution < 1.29 is 28.7 Å². The van der Waals surface area contributed by atoms with Gasteiger partial charge >= 0.3 is 228 Å². The summed E-state index contributed by atoms with van der Waals surface area (Å²) in [6, 6.07) is 8.05. The molecule has 0 aromatic heterocycles. The Morgan fingerprint density at radius 3 is 2.24 bits per heavy atom. The van der Waals surface area contributed by atoms with Crippen molar-refractivity contribution in [2.24, 2.45) is 21.1 Å². The number of para-hydroxylation sites is 1. The summed E-state index contributed by atoms with van der Waals surface area (Å²) < 4.78 is 9.08. The SMILES string of the molecule is COC(=O)C(/C(C)=N/NC(=O)Nc1ccccc1)C1(/C(C)=N/NC(=O)OC(C)(C)C)[Se]C(N(C)C)=NC1=O. The third-order valence-electron chi connectivity index (χ3n) is 5.03. The molecule has 13 nitrogen and oxygen atoms in total. The van der Waals surface area contributed by atoms with E-state index >= 15 is 0 Å². The number of ether oxygens (including phenoxy) is 2. The average molecular weight is 595 g/mol. The molecule has 38 heavy (non-hydrogen) atoms. The molecule has 0 aliphatic carbocycles. The third-order valence-corrected chi connectivity index (χ3v) is 8.52. The van der Waals surface area contributed by atoms with Crippen molar-refractivity contribution in [1.82, 2.24) is 15.8 Å². The second-order valence-corrected chi connectivity index (χ2v) is 11.9. The molecule has 206 valence electrons. The second-order valence-electron chi connectivity index (χ2n) is 9.38. The normalized spacial score (nSPS) is 18.7.